The molecule has 138 valence electrons. The molecular weight excluding hydrogens is 330 g/mol. The molecule has 6 heteroatoms. The quantitative estimate of drug-likeness (QED) is 0.857. The molecule has 0 saturated carbocycles. The van der Waals surface area contributed by atoms with Crippen molar-refractivity contribution >= 4 is 11.7 Å². The Labute approximate surface area is 153 Å². The lowest BCUT2D eigenvalue weighted by Gasteiger charge is -2.42. The lowest BCUT2D eigenvalue weighted by Crippen LogP contribution is -2.56. The number of carbonyl (C=O) groups excluding carboxylic acids is 1. The highest BCUT2D eigenvalue weighted by molar-refractivity contribution is 5.95. The molecule has 1 unspecified atom stereocenters. The van der Waals surface area contributed by atoms with Gasteiger partial charge < -0.3 is 20.1 Å². The van der Waals surface area contributed by atoms with Gasteiger partial charge in [0.05, 0.1) is 19.8 Å². The van der Waals surface area contributed by atoms with E-state index in [-0.39, 0.29) is 12.5 Å². The number of hydrogen-bond acceptors (Lipinski definition) is 5. The first-order chi connectivity index (χ1) is 12.6. The molecule has 3 rings (SSSR count). The normalized spacial score (nSPS) is 20.0. The van der Waals surface area contributed by atoms with E-state index < -0.39 is 5.60 Å². The number of morpholine rings is 1. The molecule has 1 aliphatic rings. The van der Waals surface area contributed by atoms with E-state index in [0.29, 0.717) is 37.5 Å². The van der Waals surface area contributed by atoms with Crippen molar-refractivity contribution in [1.29, 1.82) is 0 Å². The van der Waals surface area contributed by atoms with Gasteiger partial charge in [-0.25, -0.2) is 4.98 Å². The van der Waals surface area contributed by atoms with Crippen molar-refractivity contribution in [3.8, 4) is 0 Å². The predicted molar refractivity (Wildman–Crippen MR) is 100 cm³/mol. The Morgan fingerprint density at radius 1 is 1.38 bits per heavy atom. The highest BCUT2D eigenvalue weighted by Gasteiger charge is 2.38. The maximum Gasteiger partial charge on any atom is 0.254 e. The van der Waals surface area contributed by atoms with Gasteiger partial charge in [-0.3, -0.25) is 4.79 Å². The van der Waals surface area contributed by atoms with Crippen LogP contribution in [0.4, 0.5) is 5.82 Å². The molecular formula is C20H25N3O3. The van der Waals surface area contributed by atoms with E-state index in [9.17, 15) is 9.90 Å². The Morgan fingerprint density at radius 3 is 2.92 bits per heavy atom. The highest BCUT2D eigenvalue weighted by Crippen LogP contribution is 2.25. The number of aliphatic hydroxyl groups is 1. The van der Waals surface area contributed by atoms with Gasteiger partial charge in [-0.15, -0.1) is 0 Å². The molecule has 1 saturated heterocycles. The number of ether oxygens (including phenoxy) is 1. The van der Waals surface area contributed by atoms with Crippen LogP contribution in [0.15, 0.2) is 42.6 Å². The van der Waals surface area contributed by atoms with Crippen molar-refractivity contribution in [3.63, 3.8) is 0 Å². The van der Waals surface area contributed by atoms with Crippen molar-refractivity contribution in [3.05, 3.63) is 59.3 Å². The van der Waals surface area contributed by atoms with Crippen molar-refractivity contribution in [2.45, 2.75) is 18.9 Å². The van der Waals surface area contributed by atoms with Crippen molar-refractivity contribution in [2.75, 3.05) is 38.7 Å². The first-order valence-electron chi connectivity index (χ1n) is 8.79. The van der Waals surface area contributed by atoms with E-state index in [4.69, 9.17) is 4.74 Å². The number of hydrogen-bond donors (Lipinski definition) is 2. The van der Waals surface area contributed by atoms with Crippen molar-refractivity contribution in [2.24, 2.45) is 0 Å². The highest BCUT2D eigenvalue weighted by atomic mass is 16.5. The zero-order chi connectivity index (χ0) is 18.6. The summed E-state index contributed by atoms with van der Waals surface area (Å²) in [6.07, 6.45) is 2.18. The van der Waals surface area contributed by atoms with Crippen LogP contribution in [0.5, 0.6) is 0 Å². The Balaban J connectivity index is 1.80. The first-order valence-corrected chi connectivity index (χ1v) is 8.79. The van der Waals surface area contributed by atoms with E-state index in [1.807, 2.05) is 31.2 Å². The molecule has 1 aliphatic heterocycles. The standard InChI is InChI=1S/C20H25N3O3/c1-15-5-3-4-6-17(15)12-20(14-24)13-23(9-10-26-20)19(25)16-7-8-22-18(11-16)21-2/h3-8,11,24H,9-10,12-14H2,1-2H3,(H,21,22). The lowest BCUT2D eigenvalue weighted by atomic mass is 9.90. The number of aryl methyl sites for hydroxylation is 1. The minimum absolute atomic E-state index is 0.0743. The smallest absolute Gasteiger partial charge is 0.254 e. The largest absolute Gasteiger partial charge is 0.393 e. The molecule has 1 fully saturated rings. The van der Waals surface area contributed by atoms with Gasteiger partial charge in [-0.2, -0.15) is 0 Å². The minimum Gasteiger partial charge on any atom is -0.393 e. The maximum atomic E-state index is 12.9. The van der Waals surface area contributed by atoms with Gasteiger partial charge in [0.1, 0.15) is 11.4 Å². The maximum absolute atomic E-state index is 12.9. The van der Waals surface area contributed by atoms with Crippen LogP contribution in [0.25, 0.3) is 0 Å². The minimum atomic E-state index is -0.779. The number of aromatic nitrogens is 1. The van der Waals surface area contributed by atoms with Gasteiger partial charge in [-0.1, -0.05) is 24.3 Å². The average Bonchev–Trinajstić information content (AvgIpc) is 2.69. The molecule has 0 aliphatic carbocycles. The number of anilines is 1. The second-order valence-corrected chi connectivity index (χ2v) is 6.70. The summed E-state index contributed by atoms with van der Waals surface area (Å²) in [6, 6.07) is 11.5. The molecule has 1 atom stereocenters. The monoisotopic (exact) mass is 355 g/mol. The summed E-state index contributed by atoms with van der Waals surface area (Å²) in [5.41, 5.74) is 2.07. The number of nitrogens with one attached hydrogen (secondary N) is 1. The van der Waals surface area contributed by atoms with Crippen molar-refractivity contribution in [1.82, 2.24) is 9.88 Å². The number of carbonyl (C=O) groups is 1. The van der Waals surface area contributed by atoms with Gasteiger partial charge >= 0.3 is 0 Å². The average molecular weight is 355 g/mol. The Hall–Kier alpha value is -2.44. The van der Waals surface area contributed by atoms with E-state index in [0.717, 1.165) is 11.1 Å². The number of nitrogens with zero attached hydrogens (tertiary/aromatic N) is 2. The van der Waals surface area contributed by atoms with Gasteiger partial charge in [-0.05, 0) is 30.2 Å². The third-order valence-corrected chi connectivity index (χ3v) is 4.86. The van der Waals surface area contributed by atoms with Crippen LogP contribution in [0.3, 0.4) is 0 Å². The summed E-state index contributed by atoms with van der Waals surface area (Å²) in [5, 5.41) is 13.0. The summed E-state index contributed by atoms with van der Waals surface area (Å²) in [6.45, 7) is 3.17. The Morgan fingerprint density at radius 2 is 2.19 bits per heavy atom. The molecule has 2 N–H and O–H groups in total. The Bertz CT molecular complexity index is 780. The number of rotatable bonds is 5. The molecule has 0 spiro atoms. The van der Waals surface area contributed by atoms with E-state index in [1.54, 1.807) is 30.3 Å². The van der Waals surface area contributed by atoms with Gasteiger partial charge in [0.15, 0.2) is 0 Å². The second-order valence-electron chi connectivity index (χ2n) is 6.70. The molecule has 1 amide bonds. The molecule has 2 heterocycles. The molecule has 0 radical (unpaired) electrons. The SMILES string of the molecule is CNc1cc(C(=O)N2CCOC(CO)(Cc3ccccc3C)C2)ccn1. The number of aliphatic hydroxyl groups excluding tert-OH is 1. The van der Waals surface area contributed by atoms with Crippen LogP contribution in [0.1, 0.15) is 21.5 Å². The van der Waals surface area contributed by atoms with Gasteiger partial charge in [0, 0.05) is 31.8 Å². The van der Waals surface area contributed by atoms with Crippen LogP contribution in [-0.4, -0.2) is 59.8 Å². The summed E-state index contributed by atoms with van der Waals surface area (Å²) in [4.78, 5) is 18.8. The van der Waals surface area contributed by atoms with Crippen LogP contribution < -0.4 is 5.32 Å². The summed E-state index contributed by atoms with van der Waals surface area (Å²) in [7, 11) is 1.77. The van der Waals surface area contributed by atoms with Crippen LogP contribution in [0.2, 0.25) is 0 Å². The fourth-order valence-corrected chi connectivity index (χ4v) is 3.32. The van der Waals surface area contributed by atoms with Crippen molar-refractivity contribution < 1.29 is 14.6 Å². The molecule has 26 heavy (non-hydrogen) atoms. The lowest BCUT2D eigenvalue weighted by molar-refractivity contribution is -0.123. The summed E-state index contributed by atoms with van der Waals surface area (Å²) < 4.78 is 5.97. The van der Waals surface area contributed by atoms with Crippen LogP contribution in [0, 0.1) is 6.92 Å². The van der Waals surface area contributed by atoms with E-state index >= 15 is 0 Å². The first kappa shape index (κ1) is 18.4. The summed E-state index contributed by atoms with van der Waals surface area (Å²) in [5.74, 6) is 0.576. The third kappa shape index (κ3) is 3.86. The van der Waals surface area contributed by atoms with Gasteiger partial charge in [0.2, 0.25) is 0 Å². The van der Waals surface area contributed by atoms with Crippen LogP contribution >= 0.6 is 0 Å². The molecule has 1 aromatic heterocycles. The van der Waals surface area contributed by atoms with Gasteiger partial charge in [0.25, 0.3) is 5.91 Å². The molecule has 0 bridgehead atoms. The summed E-state index contributed by atoms with van der Waals surface area (Å²) >= 11 is 0. The third-order valence-electron chi connectivity index (χ3n) is 4.86. The van der Waals surface area contributed by atoms with E-state index in [2.05, 4.69) is 10.3 Å². The zero-order valence-electron chi connectivity index (χ0n) is 15.2. The fourth-order valence-electron chi connectivity index (χ4n) is 3.32. The fraction of sp³-hybridized carbons (Fsp3) is 0.400. The molecule has 6 nitrogen and oxygen atoms in total. The number of benzene rings is 1. The number of amides is 1. The molecule has 2 aromatic rings. The molecule has 1 aromatic carbocycles. The second kappa shape index (κ2) is 7.85. The van der Waals surface area contributed by atoms with E-state index in [1.165, 1.54) is 0 Å². The Kier molecular flexibility index (Phi) is 5.54. The number of pyridine rings is 1. The topological polar surface area (TPSA) is 74.7 Å². The predicted octanol–water partition coefficient (Wildman–Crippen LogP) is 1.88. The van der Waals surface area contributed by atoms with Crippen LogP contribution in [-0.2, 0) is 11.2 Å². The zero-order valence-corrected chi connectivity index (χ0v) is 15.2.